The second kappa shape index (κ2) is 9.10. The van der Waals surface area contributed by atoms with Crippen molar-refractivity contribution in [3.8, 4) is 5.75 Å². The first-order chi connectivity index (χ1) is 15.3. The lowest BCUT2D eigenvalue weighted by molar-refractivity contribution is 0.0212. The van der Waals surface area contributed by atoms with E-state index in [2.05, 4.69) is 0 Å². The fraction of sp³-hybridized carbons (Fsp3) is 0.440. The third-order valence-electron chi connectivity index (χ3n) is 5.68. The van der Waals surface area contributed by atoms with Crippen molar-refractivity contribution in [2.45, 2.75) is 57.6 Å². The van der Waals surface area contributed by atoms with Crippen LogP contribution >= 0.6 is 0 Å². The summed E-state index contributed by atoms with van der Waals surface area (Å²) in [6.45, 7) is 6.58. The number of amides is 2. The van der Waals surface area contributed by atoms with Crippen molar-refractivity contribution in [2.24, 2.45) is 0 Å². The average molecular weight is 439 g/mol. The Balaban J connectivity index is 1.51. The molecule has 7 nitrogen and oxygen atoms in total. The van der Waals surface area contributed by atoms with Crippen molar-refractivity contribution >= 4 is 12.2 Å². The van der Waals surface area contributed by atoms with Gasteiger partial charge in [0.2, 0.25) is 0 Å². The van der Waals surface area contributed by atoms with Crippen LogP contribution in [0.5, 0.6) is 5.75 Å². The highest BCUT2D eigenvalue weighted by Crippen LogP contribution is 2.35. The molecule has 0 unspecified atom stereocenters. The molecule has 2 amide bonds. The second-order valence-corrected chi connectivity index (χ2v) is 9.18. The van der Waals surface area contributed by atoms with E-state index in [1.807, 2.05) is 81.4 Å². The SMILES string of the molecule is CC(C)(C)OC(=O)N1C[C@H](Oc2ccccc2)[C@@H]2[C@H]1CCN2C(=O)OCc1ccccc1. The number of carbonyl (C=O) groups is 2. The lowest BCUT2D eigenvalue weighted by Crippen LogP contribution is -2.47. The first kappa shape index (κ1) is 22.0. The molecule has 2 aromatic carbocycles. The first-order valence-electron chi connectivity index (χ1n) is 11.0. The van der Waals surface area contributed by atoms with Gasteiger partial charge in [-0.1, -0.05) is 48.5 Å². The predicted molar refractivity (Wildman–Crippen MR) is 119 cm³/mol. The number of nitrogens with zero attached hydrogens (tertiary/aromatic N) is 2. The van der Waals surface area contributed by atoms with E-state index in [9.17, 15) is 9.59 Å². The maximum Gasteiger partial charge on any atom is 0.410 e. The number of ether oxygens (including phenoxy) is 3. The van der Waals surface area contributed by atoms with E-state index in [0.29, 0.717) is 25.3 Å². The minimum absolute atomic E-state index is 0.178. The standard InChI is InChI=1S/C25H30N2O5/c1-25(2,3)32-24(29)27-16-21(31-19-12-8-5-9-13-19)22-20(27)14-15-26(22)23(28)30-17-18-10-6-4-7-11-18/h4-13,20-22H,14-17H2,1-3H3/t20-,21+,22+/m1/s1. The first-order valence-corrected chi connectivity index (χ1v) is 11.0. The molecule has 0 N–H and O–H groups in total. The highest BCUT2D eigenvalue weighted by molar-refractivity contribution is 5.72. The Labute approximate surface area is 188 Å². The highest BCUT2D eigenvalue weighted by Gasteiger charge is 2.54. The van der Waals surface area contributed by atoms with Crippen molar-refractivity contribution in [1.29, 1.82) is 0 Å². The zero-order valence-electron chi connectivity index (χ0n) is 18.8. The summed E-state index contributed by atoms with van der Waals surface area (Å²) in [6.07, 6.45) is -0.499. The number of hydrogen-bond acceptors (Lipinski definition) is 5. The van der Waals surface area contributed by atoms with Crippen molar-refractivity contribution in [3.63, 3.8) is 0 Å². The van der Waals surface area contributed by atoms with Crippen LogP contribution in [-0.2, 0) is 16.1 Å². The average Bonchev–Trinajstić information content (AvgIpc) is 3.34. The molecule has 3 atom stereocenters. The van der Waals surface area contributed by atoms with Crippen molar-refractivity contribution in [1.82, 2.24) is 9.80 Å². The van der Waals surface area contributed by atoms with Crippen LogP contribution in [0.1, 0.15) is 32.8 Å². The predicted octanol–water partition coefficient (Wildman–Crippen LogP) is 4.46. The maximum atomic E-state index is 13.0. The van der Waals surface area contributed by atoms with Crippen LogP contribution in [0.4, 0.5) is 9.59 Å². The molecular formula is C25H30N2O5. The van der Waals surface area contributed by atoms with Gasteiger partial charge in [0.1, 0.15) is 24.1 Å². The third kappa shape index (κ3) is 4.98. The summed E-state index contributed by atoms with van der Waals surface area (Å²) in [5, 5.41) is 0. The van der Waals surface area contributed by atoms with Gasteiger partial charge >= 0.3 is 12.2 Å². The van der Waals surface area contributed by atoms with E-state index < -0.39 is 11.7 Å². The molecule has 0 aromatic heterocycles. The lowest BCUT2D eigenvalue weighted by atomic mass is 10.1. The quantitative estimate of drug-likeness (QED) is 0.705. The minimum Gasteiger partial charge on any atom is -0.486 e. The van der Waals surface area contributed by atoms with Crippen molar-refractivity contribution in [2.75, 3.05) is 13.1 Å². The van der Waals surface area contributed by atoms with Crippen LogP contribution in [0.3, 0.4) is 0 Å². The topological polar surface area (TPSA) is 68.3 Å². The van der Waals surface area contributed by atoms with Crippen LogP contribution in [0, 0.1) is 0 Å². The molecule has 170 valence electrons. The van der Waals surface area contributed by atoms with Gasteiger partial charge in [-0.2, -0.15) is 0 Å². The Hall–Kier alpha value is -3.22. The molecule has 0 aliphatic carbocycles. The maximum absolute atomic E-state index is 13.0. The van der Waals surface area contributed by atoms with Gasteiger partial charge in [0, 0.05) is 6.54 Å². The van der Waals surface area contributed by atoms with Crippen LogP contribution in [-0.4, -0.2) is 58.9 Å². The van der Waals surface area contributed by atoms with Crippen molar-refractivity contribution in [3.05, 3.63) is 66.2 Å². The molecule has 0 radical (unpaired) electrons. The lowest BCUT2D eigenvalue weighted by Gasteiger charge is -2.28. The van der Waals surface area contributed by atoms with E-state index in [4.69, 9.17) is 14.2 Å². The van der Waals surface area contributed by atoms with Gasteiger partial charge in [-0.05, 0) is 44.9 Å². The summed E-state index contributed by atoms with van der Waals surface area (Å²) in [4.78, 5) is 29.3. The van der Waals surface area contributed by atoms with Gasteiger partial charge in [0.15, 0.2) is 0 Å². The molecule has 2 aromatic rings. The Morgan fingerprint density at radius 1 is 0.938 bits per heavy atom. The number of fused-ring (bicyclic) bond motifs is 1. The van der Waals surface area contributed by atoms with E-state index in [0.717, 1.165) is 5.56 Å². The molecule has 0 bridgehead atoms. The molecule has 2 fully saturated rings. The number of para-hydroxylation sites is 1. The van der Waals surface area contributed by atoms with E-state index in [1.165, 1.54) is 0 Å². The van der Waals surface area contributed by atoms with Crippen LogP contribution in [0.25, 0.3) is 0 Å². The summed E-state index contributed by atoms with van der Waals surface area (Å²) >= 11 is 0. The largest absolute Gasteiger partial charge is 0.486 e. The van der Waals surface area contributed by atoms with Gasteiger partial charge < -0.3 is 14.2 Å². The Bertz CT molecular complexity index is 928. The second-order valence-electron chi connectivity index (χ2n) is 9.18. The number of hydrogen-bond donors (Lipinski definition) is 0. The van der Waals surface area contributed by atoms with Gasteiger partial charge in [0.25, 0.3) is 0 Å². The number of likely N-dealkylation sites (tertiary alicyclic amines) is 2. The van der Waals surface area contributed by atoms with Gasteiger partial charge in [-0.15, -0.1) is 0 Å². The van der Waals surface area contributed by atoms with Crippen molar-refractivity contribution < 1.29 is 23.8 Å². The van der Waals surface area contributed by atoms with E-state index in [-0.39, 0.29) is 30.9 Å². The zero-order valence-corrected chi connectivity index (χ0v) is 18.8. The molecule has 2 aliphatic heterocycles. The fourth-order valence-electron chi connectivity index (χ4n) is 4.35. The van der Waals surface area contributed by atoms with Gasteiger partial charge in [0.05, 0.1) is 18.6 Å². The number of benzene rings is 2. The third-order valence-corrected chi connectivity index (χ3v) is 5.68. The molecule has 4 rings (SSSR count). The monoisotopic (exact) mass is 438 g/mol. The summed E-state index contributed by atoms with van der Waals surface area (Å²) in [5.74, 6) is 0.701. The Kier molecular flexibility index (Phi) is 6.26. The Morgan fingerprint density at radius 2 is 1.59 bits per heavy atom. The number of rotatable bonds is 4. The van der Waals surface area contributed by atoms with Crippen LogP contribution < -0.4 is 4.74 Å². The summed E-state index contributed by atoms with van der Waals surface area (Å²) < 4.78 is 17.5. The zero-order chi connectivity index (χ0) is 22.7. The molecule has 32 heavy (non-hydrogen) atoms. The molecule has 2 saturated heterocycles. The minimum atomic E-state index is -0.599. The summed E-state index contributed by atoms with van der Waals surface area (Å²) in [6, 6.07) is 18.6. The smallest absolute Gasteiger partial charge is 0.410 e. The summed E-state index contributed by atoms with van der Waals surface area (Å²) in [5.41, 5.74) is 0.327. The molecule has 0 saturated carbocycles. The normalized spacial score (nSPS) is 22.4. The van der Waals surface area contributed by atoms with Gasteiger partial charge in [-0.3, -0.25) is 9.80 Å². The summed E-state index contributed by atoms with van der Waals surface area (Å²) in [7, 11) is 0. The van der Waals surface area contributed by atoms with Crippen LogP contribution in [0.15, 0.2) is 60.7 Å². The van der Waals surface area contributed by atoms with E-state index in [1.54, 1.807) is 9.80 Å². The Morgan fingerprint density at radius 3 is 2.25 bits per heavy atom. The number of carbonyl (C=O) groups excluding carboxylic acids is 2. The molecule has 0 spiro atoms. The van der Waals surface area contributed by atoms with Crippen LogP contribution in [0.2, 0.25) is 0 Å². The molecule has 7 heteroatoms. The molecule has 2 heterocycles. The molecular weight excluding hydrogens is 408 g/mol. The van der Waals surface area contributed by atoms with E-state index >= 15 is 0 Å². The highest BCUT2D eigenvalue weighted by atomic mass is 16.6. The fourth-order valence-corrected chi connectivity index (χ4v) is 4.35. The molecule has 2 aliphatic rings. The van der Waals surface area contributed by atoms with Gasteiger partial charge in [-0.25, -0.2) is 9.59 Å².